The number of nitrogens with zero attached hydrogens (tertiary/aromatic N) is 1. The highest BCUT2D eigenvalue weighted by atomic mass is 16.5. The Morgan fingerprint density at radius 2 is 1.89 bits per heavy atom. The third-order valence-electron chi connectivity index (χ3n) is 4.81. The molecule has 0 aliphatic carbocycles. The largest absolute Gasteiger partial charge is 0.493 e. The van der Waals surface area contributed by atoms with Crippen LogP contribution in [-0.2, 0) is 4.74 Å². The lowest BCUT2D eigenvalue weighted by atomic mass is 10.1. The van der Waals surface area contributed by atoms with Crippen LogP contribution in [0.4, 0.5) is 0 Å². The van der Waals surface area contributed by atoms with Crippen molar-refractivity contribution in [2.45, 2.75) is 18.9 Å². The van der Waals surface area contributed by atoms with Crippen molar-refractivity contribution in [2.75, 3.05) is 27.4 Å². The van der Waals surface area contributed by atoms with Crippen LogP contribution in [0.5, 0.6) is 11.5 Å². The summed E-state index contributed by atoms with van der Waals surface area (Å²) in [5.41, 5.74) is 1.71. The van der Waals surface area contributed by atoms with Gasteiger partial charge in [0.15, 0.2) is 11.5 Å². The molecular formula is C22H23NO4. The summed E-state index contributed by atoms with van der Waals surface area (Å²) in [6.45, 7) is 1.50. The Bertz CT molecular complexity index is 1000. The predicted octanol–water partition coefficient (Wildman–Crippen LogP) is 4.20. The van der Waals surface area contributed by atoms with Gasteiger partial charge in [-0.05, 0) is 43.2 Å². The van der Waals surface area contributed by atoms with Gasteiger partial charge in [0.1, 0.15) is 11.3 Å². The van der Waals surface area contributed by atoms with E-state index < -0.39 is 0 Å². The van der Waals surface area contributed by atoms with Crippen LogP contribution in [0.2, 0.25) is 0 Å². The molecule has 1 saturated heterocycles. The fourth-order valence-electron chi connectivity index (χ4n) is 3.37. The van der Waals surface area contributed by atoms with Crippen molar-refractivity contribution < 1.29 is 18.6 Å². The van der Waals surface area contributed by atoms with Crippen LogP contribution in [0.25, 0.3) is 22.3 Å². The van der Waals surface area contributed by atoms with E-state index in [1.807, 2.05) is 48.5 Å². The van der Waals surface area contributed by atoms with Crippen LogP contribution in [0.1, 0.15) is 12.8 Å². The highest BCUT2D eigenvalue weighted by molar-refractivity contribution is 5.78. The fourth-order valence-corrected chi connectivity index (χ4v) is 3.37. The normalized spacial score (nSPS) is 17.4. The second-order valence-corrected chi connectivity index (χ2v) is 6.54. The molecule has 3 aromatic rings. The van der Waals surface area contributed by atoms with Crippen molar-refractivity contribution in [1.82, 2.24) is 0 Å². The summed E-state index contributed by atoms with van der Waals surface area (Å²) in [4.78, 5) is 4.84. The highest BCUT2D eigenvalue weighted by Crippen LogP contribution is 2.32. The molecule has 0 spiro atoms. The molecule has 2 aromatic carbocycles. The summed E-state index contributed by atoms with van der Waals surface area (Å²) in [5.74, 6) is 2.09. The molecule has 1 aliphatic heterocycles. The standard InChI is InChI=1S/C22H23NO4/c1-24-20-10-9-15(12-22(20)25-2)21-13-18(23-14-16-6-5-11-26-16)17-7-3-4-8-19(17)27-21/h3-4,7-10,12-13,16H,5-6,11,14H2,1-2H3. The van der Waals surface area contributed by atoms with Crippen LogP contribution < -0.4 is 14.8 Å². The summed E-state index contributed by atoms with van der Waals surface area (Å²) < 4.78 is 22.6. The quantitative estimate of drug-likeness (QED) is 0.680. The lowest BCUT2D eigenvalue weighted by Crippen LogP contribution is -2.13. The topological polar surface area (TPSA) is 53.2 Å². The zero-order valence-electron chi connectivity index (χ0n) is 15.6. The van der Waals surface area contributed by atoms with Crippen molar-refractivity contribution in [3.8, 4) is 22.8 Å². The van der Waals surface area contributed by atoms with E-state index in [1.54, 1.807) is 14.2 Å². The molecule has 0 radical (unpaired) electrons. The minimum atomic E-state index is 0.213. The Hall–Kier alpha value is -2.79. The highest BCUT2D eigenvalue weighted by Gasteiger charge is 2.15. The third-order valence-corrected chi connectivity index (χ3v) is 4.81. The van der Waals surface area contributed by atoms with Crippen molar-refractivity contribution >= 4 is 11.0 Å². The van der Waals surface area contributed by atoms with Crippen molar-refractivity contribution in [3.63, 3.8) is 0 Å². The van der Waals surface area contributed by atoms with Gasteiger partial charge in [0.2, 0.25) is 0 Å². The lowest BCUT2D eigenvalue weighted by molar-refractivity contribution is 0.117. The summed E-state index contributed by atoms with van der Waals surface area (Å²) >= 11 is 0. The summed E-state index contributed by atoms with van der Waals surface area (Å²) in [6.07, 6.45) is 2.40. The number of ether oxygens (including phenoxy) is 3. The lowest BCUT2D eigenvalue weighted by Gasteiger charge is -2.10. The molecule has 4 rings (SSSR count). The van der Waals surface area contributed by atoms with Gasteiger partial charge in [0, 0.05) is 23.6 Å². The Morgan fingerprint density at radius 1 is 1.04 bits per heavy atom. The SMILES string of the molecule is COc1ccc(-c2cc(=NCC3CCCO3)c3ccccc3o2)cc1OC. The third kappa shape index (κ3) is 3.69. The zero-order chi connectivity index (χ0) is 18.6. The van der Waals surface area contributed by atoms with E-state index in [-0.39, 0.29) is 6.10 Å². The molecular weight excluding hydrogens is 342 g/mol. The summed E-state index contributed by atoms with van der Waals surface area (Å²) in [5, 5.41) is 1.91. The summed E-state index contributed by atoms with van der Waals surface area (Å²) in [7, 11) is 3.25. The number of methoxy groups -OCH3 is 2. The van der Waals surface area contributed by atoms with E-state index in [9.17, 15) is 0 Å². The van der Waals surface area contributed by atoms with Crippen LogP contribution in [-0.4, -0.2) is 33.5 Å². The van der Waals surface area contributed by atoms with Gasteiger partial charge < -0.3 is 18.6 Å². The first-order valence-corrected chi connectivity index (χ1v) is 9.16. The maximum atomic E-state index is 6.15. The number of benzene rings is 2. The van der Waals surface area contributed by atoms with E-state index in [0.29, 0.717) is 18.0 Å². The number of rotatable bonds is 5. The van der Waals surface area contributed by atoms with Gasteiger partial charge in [0.05, 0.1) is 32.2 Å². The smallest absolute Gasteiger partial charge is 0.161 e. The molecule has 2 heterocycles. The zero-order valence-corrected chi connectivity index (χ0v) is 15.6. The average Bonchev–Trinajstić information content (AvgIpc) is 3.25. The molecule has 140 valence electrons. The first kappa shape index (κ1) is 17.6. The second-order valence-electron chi connectivity index (χ2n) is 6.54. The van der Waals surface area contributed by atoms with Crippen LogP contribution in [0, 0.1) is 0 Å². The number of hydrogen-bond donors (Lipinski definition) is 0. The van der Waals surface area contributed by atoms with E-state index in [4.69, 9.17) is 23.6 Å². The molecule has 0 bridgehead atoms. The van der Waals surface area contributed by atoms with Gasteiger partial charge in [-0.15, -0.1) is 0 Å². The predicted molar refractivity (Wildman–Crippen MR) is 104 cm³/mol. The minimum absolute atomic E-state index is 0.213. The molecule has 1 unspecified atom stereocenters. The van der Waals surface area contributed by atoms with Crippen molar-refractivity contribution in [1.29, 1.82) is 0 Å². The molecule has 0 N–H and O–H groups in total. The maximum absolute atomic E-state index is 6.15. The van der Waals surface area contributed by atoms with Gasteiger partial charge in [-0.3, -0.25) is 4.99 Å². The van der Waals surface area contributed by atoms with E-state index in [0.717, 1.165) is 47.1 Å². The molecule has 1 aromatic heterocycles. The monoisotopic (exact) mass is 365 g/mol. The molecule has 5 heteroatoms. The number of hydrogen-bond acceptors (Lipinski definition) is 5. The van der Waals surface area contributed by atoms with Crippen LogP contribution in [0.15, 0.2) is 57.9 Å². The Labute approximate surface area is 158 Å². The van der Waals surface area contributed by atoms with Gasteiger partial charge in [-0.2, -0.15) is 0 Å². The first-order valence-electron chi connectivity index (χ1n) is 9.16. The molecule has 0 amide bonds. The van der Waals surface area contributed by atoms with Gasteiger partial charge in [0.25, 0.3) is 0 Å². The molecule has 1 aliphatic rings. The molecule has 0 saturated carbocycles. The first-order chi connectivity index (χ1) is 13.3. The minimum Gasteiger partial charge on any atom is -0.493 e. The molecule has 5 nitrogen and oxygen atoms in total. The molecule has 27 heavy (non-hydrogen) atoms. The van der Waals surface area contributed by atoms with Gasteiger partial charge >= 0.3 is 0 Å². The Morgan fingerprint density at radius 3 is 2.67 bits per heavy atom. The average molecular weight is 365 g/mol. The number of para-hydroxylation sites is 1. The van der Waals surface area contributed by atoms with Gasteiger partial charge in [-0.1, -0.05) is 12.1 Å². The van der Waals surface area contributed by atoms with E-state index in [1.165, 1.54) is 0 Å². The maximum Gasteiger partial charge on any atom is 0.161 e. The van der Waals surface area contributed by atoms with Crippen molar-refractivity contribution in [2.24, 2.45) is 4.99 Å². The molecule has 1 atom stereocenters. The second kappa shape index (κ2) is 7.84. The van der Waals surface area contributed by atoms with Crippen LogP contribution in [0.3, 0.4) is 0 Å². The molecule has 1 fully saturated rings. The number of fused-ring (bicyclic) bond motifs is 1. The van der Waals surface area contributed by atoms with Crippen LogP contribution >= 0.6 is 0 Å². The van der Waals surface area contributed by atoms with E-state index >= 15 is 0 Å². The Balaban J connectivity index is 1.80. The van der Waals surface area contributed by atoms with E-state index in [2.05, 4.69) is 0 Å². The van der Waals surface area contributed by atoms with Gasteiger partial charge in [-0.25, -0.2) is 0 Å². The summed E-state index contributed by atoms with van der Waals surface area (Å²) in [6, 6.07) is 15.7. The fraction of sp³-hybridized carbons (Fsp3) is 0.318. The van der Waals surface area contributed by atoms with Crippen molar-refractivity contribution in [3.05, 3.63) is 53.9 Å². The Kier molecular flexibility index (Phi) is 5.12.